The summed E-state index contributed by atoms with van der Waals surface area (Å²) in [5, 5.41) is 25.8. The van der Waals surface area contributed by atoms with E-state index in [9.17, 15) is 14.9 Å². The standard InChI is InChI=1S/C13H12N8O4/c22-13(20-4-3-14-17-20)19-7-5-18(6-8-19)9-1-2-10(21(23)24)12-11(9)15-25-16-12/h1-4H,5-8H2. The lowest BCUT2D eigenvalue weighted by Gasteiger charge is -2.35. The Labute approximate surface area is 139 Å². The number of piperazine rings is 1. The number of rotatable bonds is 2. The van der Waals surface area contributed by atoms with Gasteiger partial charge in [-0.2, -0.15) is 4.68 Å². The Morgan fingerprint density at radius 3 is 2.60 bits per heavy atom. The van der Waals surface area contributed by atoms with Gasteiger partial charge >= 0.3 is 11.7 Å². The lowest BCUT2D eigenvalue weighted by molar-refractivity contribution is -0.383. The van der Waals surface area contributed by atoms with Crippen LogP contribution in [-0.4, -0.2) is 67.3 Å². The average Bonchev–Trinajstić information content (AvgIpc) is 3.32. The Bertz CT molecular complexity index is 929. The molecule has 12 nitrogen and oxygen atoms in total. The first-order valence-corrected chi connectivity index (χ1v) is 7.45. The molecule has 3 aromatic rings. The predicted molar refractivity (Wildman–Crippen MR) is 83.1 cm³/mol. The van der Waals surface area contributed by atoms with Crippen molar-refractivity contribution in [1.82, 2.24) is 30.2 Å². The molecule has 0 N–H and O–H groups in total. The highest BCUT2D eigenvalue weighted by molar-refractivity contribution is 5.94. The number of carbonyl (C=O) groups is 1. The van der Waals surface area contributed by atoms with Gasteiger partial charge in [0, 0.05) is 32.2 Å². The van der Waals surface area contributed by atoms with Crippen LogP contribution in [0.25, 0.3) is 11.0 Å². The van der Waals surface area contributed by atoms with Gasteiger partial charge in [0.25, 0.3) is 0 Å². The van der Waals surface area contributed by atoms with Crippen LogP contribution in [0.15, 0.2) is 29.2 Å². The number of nitrogens with zero attached hydrogens (tertiary/aromatic N) is 8. The smallest absolute Gasteiger partial charge is 0.346 e. The number of hydrogen-bond acceptors (Lipinski definition) is 9. The van der Waals surface area contributed by atoms with Gasteiger partial charge in [-0.1, -0.05) is 5.21 Å². The number of nitro groups is 1. The molecular formula is C13H12N8O4. The number of benzene rings is 1. The fourth-order valence-electron chi connectivity index (χ4n) is 2.84. The molecule has 0 unspecified atom stereocenters. The van der Waals surface area contributed by atoms with E-state index >= 15 is 0 Å². The van der Waals surface area contributed by atoms with Crippen molar-refractivity contribution in [2.45, 2.75) is 0 Å². The summed E-state index contributed by atoms with van der Waals surface area (Å²) in [6.45, 7) is 2.03. The molecule has 2 aromatic heterocycles. The van der Waals surface area contributed by atoms with E-state index in [1.54, 1.807) is 11.0 Å². The summed E-state index contributed by atoms with van der Waals surface area (Å²) in [6.07, 6.45) is 2.94. The number of amides is 1. The van der Waals surface area contributed by atoms with Crippen LogP contribution in [-0.2, 0) is 0 Å². The van der Waals surface area contributed by atoms with Gasteiger partial charge < -0.3 is 9.80 Å². The third-order valence-corrected chi connectivity index (χ3v) is 4.08. The molecule has 1 aromatic carbocycles. The lowest BCUT2D eigenvalue weighted by atomic mass is 10.2. The number of anilines is 1. The summed E-state index contributed by atoms with van der Waals surface area (Å²) in [7, 11) is 0. The van der Waals surface area contributed by atoms with Gasteiger partial charge in [0.1, 0.15) is 0 Å². The zero-order chi connectivity index (χ0) is 17.4. The van der Waals surface area contributed by atoms with Crippen LogP contribution < -0.4 is 4.90 Å². The predicted octanol–water partition coefficient (Wildman–Crippen LogP) is 0.513. The van der Waals surface area contributed by atoms with E-state index in [2.05, 4.69) is 25.3 Å². The topological polar surface area (TPSA) is 136 Å². The van der Waals surface area contributed by atoms with Crippen LogP contribution in [0.4, 0.5) is 16.2 Å². The van der Waals surface area contributed by atoms with Crippen LogP contribution in [0.5, 0.6) is 0 Å². The summed E-state index contributed by atoms with van der Waals surface area (Å²) in [6, 6.07) is 2.77. The van der Waals surface area contributed by atoms with Crippen LogP contribution in [0.2, 0.25) is 0 Å². The molecule has 128 valence electrons. The molecule has 0 saturated carbocycles. The van der Waals surface area contributed by atoms with Gasteiger partial charge in [-0.25, -0.2) is 9.42 Å². The minimum absolute atomic E-state index is 0.114. The van der Waals surface area contributed by atoms with E-state index in [0.717, 1.165) is 0 Å². The summed E-state index contributed by atoms with van der Waals surface area (Å²) >= 11 is 0. The Kier molecular flexibility index (Phi) is 3.48. The zero-order valence-electron chi connectivity index (χ0n) is 12.8. The van der Waals surface area contributed by atoms with Gasteiger partial charge in [0.2, 0.25) is 5.52 Å². The molecule has 0 aliphatic carbocycles. The highest BCUT2D eigenvalue weighted by Gasteiger charge is 2.27. The van der Waals surface area contributed by atoms with Crippen LogP contribution in [0.1, 0.15) is 0 Å². The van der Waals surface area contributed by atoms with Crippen molar-refractivity contribution in [2.75, 3.05) is 31.1 Å². The molecule has 0 atom stereocenters. The Balaban J connectivity index is 1.54. The fraction of sp³-hybridized carbons (Fsp3) is 0.308. The van der Waals surface area contributed by atoms with Gasteiger partial charge in [-0.05, 0) is 16.4 Å². The van der Waals surface area contributed by atoms with E-state index in [-0.39, 0.29) is 17.2 Å². The maximum absolute atomic E-state index is 12.3. The highest BCUT2D eigenvalue weighted by Crippen LogP contribution is 2.31. The second-order valence-corrected chi connectivity index (χ2v) is 5.43. The molecule has 1 fully saturated rings. The van der Waals surface area contributed by atoms with E-state index in [1.165, 1.54) is 23.1 Å². The normalized spacial score (nSPS) is 14.9. The first-order valence-electron chi connectivity index (χ1n) is 7.45. The quantitative estimate of drug-likeness (QED) is 0.481. The molecule has 4 rings (SSSR count). The number of hydrogen-bond donors (Lipinski definition) is 0. The molecule has 1 aliphatic rings. The van der Waals surface area contributed by atoms with E-state index in [4.69, 9.17) is 0 Å². The summed E-state index contributed by atoms with van der Waals surface area (Å²) in [5.74, 6) is 0. The van der Waals surface area contributed by atoms with Crippen molar-refractivity contribution >= 4 is 28.4 Å². The van der Waals surface area contributed by atoms with Gasteiger partial charge in [-0.3, -0.25) is 10.1 Å². The molecule has 3 heterocycles. The van der Waals surface area contributed by atoms with Crippen molar-refractivity contribution < 1.29 is 14.3 Å². The van der Waals surface area contributed by atoms with Crippen LogP contribution in [0, 0.1) is 10.1 Å². The second kappa shape index (κ2) is 5.81. The first kappa shape index (κ1) is 15.0. The molecule has 1 aliphatic heterocycles. The molecule has 0 bridgehead atoms. The first-order chi connectivity index (χ1) is 12.1. The van der Waals surface area contributed by atoms with Crippen molar-refractivity contribution in [3.8, 4) is 0 Å². The van der Waals surface area contributed by atoms with Crippen LogP contribution in [0.3, 0.4) is 0 Å². The maximum Gasteiger partial charge on any atom is 0.346 e. The molecule has 25 heavy (non-hydrogen) atoms. The minimum Gasteiger partial charge on any atom is -0.366 e. The molecular weight excluding hydrogens is 332 g/mol. The fourth-order valence-corrected chi connectivity index (χ4v) is 2.84. The van der Waals surface area contributed by atoms with E-state index in [1.807, 2.05) is 4.90 Å². The highest BCUT2D eigenvalue weighted by atomic mass is 16.6. The van der Waals surface area contributed by atoms with Gasteiger partial charge in [-0.15, -0.1) is 5.10 Å². The summed E-state index contributed by atoms with van der Waals surface area (Å²) < 4.78 is 5.86. The van der Waals surface area contributed by atoms with Gasteiger partial charge in [0.15, 0.2) is 5.52 Å². The maximum atomic E-state index is 12.3. The van der Waals surface area contributed by atoms with Crippen molar-refractivity contribution in [3.63, 3.8) is 0 Å². The number of aromatic nitrogens is 5. The van der Waals surface area contributed by atoms with E-state index in [0.29, 0.717) is 37.4 Å². The molecule has 1 amide bonds. The number of fused-ring (bicyclic) bond motifs is 1. The number of carbonyl (C=O) groups excluding carboxylic acids is 1. The largest absolute Gasteiger partial charge is 0.366 e. The second-order valence-electron chi connectivity index (χ2n) is 5.43. The van der Waals surface area contributed by atoms with Crippen LogP contribution >= 0.6 is 0 Å². The average molecular weight is 344 g/mol. The van der Waals surface area contributed by atoms with E-state index < -0.39 is 4.92 Å². The minimum atomic E-state index is -0.523. The SMILES string of the molecule is O=C(N1CCN(c2ccc([N+](=O)[O-])c3nonc23)CC1)n1ccnn1. The zero-order valence-corrected chi connectivity index (χ0v) is 12.8. The Hall–Kier alpha value is -3.57. The van der Waals surface area contributed by atoms with Crippen molar-refractivity contribution in [1.29, 1.82) is 0 Å². The summed E-state index contributed by atoms with van der Waals surface area (Å²) in [4.78, 5) is 26.4. The number of nitro benzene ring substituents is 1. The molecule has 12 heteroatoms. The third kappa shape index (κ3) is 2.52. The monoisotopic (exact) mass is 344 g/mol. The third-order valence-electron chi connectivity index (χ3n) is 4.08. The summed E-state index contributed by atoms with van der Waals surface area (Å²) in [5.41, 5.74) is 0.989. The van der Waals surface area contributed by atoms with Gasteiger partial charge in [0.05, 0.1) is 23.0 Å². The Morgan fingerprint density at radius 1 is 1.16 bits per heavy atom. The lowest BCUT2D eigenvalue weighted by Crippen LogP contribution is -2.50. The van der Waals surface area contributed by atoms with Crippen molar-refractivity contribution in [2.24, 2.45) is 0 Å². The molecule has 1 saturated heterocycles. The Morgan fingerprint density at radius 2 is 1.92 bits per heavy atom. The molecule has 0 spiro atoms. The van der Waals surface area contributed by atoms with Crippen molar-refractivity contribution in [3.05, 3.63) is 34.6 Å². The number of non-ortho nitro benzene ring substituents is 1. The molecule has 0 radical (unpaired) electrons.